The van der Waals surface area contributed by atoms with E-state index < -0.39 is 6.04 Å². The molecule has 1 saturated heterocycles. The molecule has 0 N–H and O–H groups in total. The van der Waals surface area contributed by atoms with Gasteiger partial charge < -0.3 is 14.4 Å². The van der Waals surface area contributed by atoms with Crippen LogP contribution in [0.4, 0.5) is 0 Å². The number of benzene rings is 2. The largest absolute Gasteiger partial charge is 0.454 e. The number of amides is 1. The minimum absolute atomic E-state index is 0.0689. The molecule has 0 bridgehead atoms. The fourth-order valence-corrected chi connectivity index (χ4v) is 6.07. The van der Waals surface area contributed by atoms with Crippen LogP contribution >= 0.6 is 11.3 Å². The van der Waals surface area contributed by atoms with Crippen molar-refractivity contribution in [3.05, 3.63) is 64.1 Å². The molecule has 8 nitrogen and oxygen atoms in total. The molecule has 2 aliphatic heterocycles. The van der Waals surface area contributed by atoms with Crippen molar-refractivity contribution in [3.8, 4) is 11.5 Å². The van der Waals surface area contributed by atoms with E-state index in [9.17, 15) is 9.59 Å². The van der Waals surface area contributed by atoms with Gasteiger partial charge in [-0.15, -0.1) is 11.3 Å². The molecule has 180 valence electrons. The Balaban J connectivity index is 1.17. The van der Waals surface area contributed by atoms with Crippen LogP contribution in [0.5, 0.6) is 11.5 Å². The Labute approximate surface area is 206 Å². The number of aryl methyl sites for hydroxylation is 1. The molecule has 2 aromatic carbocycles. The summed E-state index contributed by atoms with van der Waals surface area (Å²) >= 11 is 1.58. The summed E-state index contributed by atoms with van der Waals surface area (Å²) in [6.07, 6.45) is 0. The van der Waals surface area contributed by atoms with E-state index in [1.54, 1.807) is 18.3 Å². The minimum Gasteiger partial charge on any atom is -0.454 e. The SMILES string of the molecule is Cc1nn([C@@H](C)C(=O)N2CCN(Cc3ccc4c(c3)OCO4)CC2)c(=O)c2c1sc1ccccc12. The first kappa shape index (κ1) is 22.1. The quantitative estimate of drug-likeness (QED) is 0.436. The van der Waals surface area contributed by atoms with Gasteiger partial charge in [-0.2, -0.15) is 5.10 Å². The number of carbonyl (C=O) groups excluding carboxylic acids is 1. The Hall–Kier alpha value is -3.43. The van der Waals surface area contributed by atoms with Crippen LogP contribution in [0, 0.1) is 6.92 Å². The lowest BCUT2D eigenvalue weighted by Gasteiger charge is -2.36. The first-order chi connectivity index (χ1) is 17.0. The second kappa shape index (κ2) is 8.66. The molecule has 0 radical (unpaired) electrons. The first-order valence-corrected chi connectivity index (χ1v) is 12.6. The molecule has 4 aromatic rings. The molecule has 2 aliphatic rings. The zero-order chi connectivity index (χ0) is 24.1. The molecule has 1 atom stereocenters. The Kier molecular flexibility index (Phi) is 5.46. The zero-order valence-corrected chi connectivity index (χ0v) is 20.5. The third kappa shape index (κ3) is 3.84. The maximum Gasteiger partial charge on any atom is 0.276 e. The summed E-state index contributed by atoms with van der Waals surface area (Å²) in [5.41, 5.74) is 1.73. The van der Waals surface area contributed by atoms with Crippen LogP contribution in [0.15, 0.2) is 47.3 Å². The number of aromatic nitrogens is 2. The van der Waals surface area contributed by atoms with Crippen LogP contribution in [-0.4, -0.2) is 58.5 Å². The first-order valence-electron chi connectivity index (χ1n) is 11.8. The normalized spacial score (nSPS) is 16.8. The van der Waals surface area contributed by atoms with Crippen LogP contribution < -0.4 is 15.0 Å². The summed E-state index contributed by atoms with van der Waals surface area (Å²) in [4.78, 5) is 31.0. The Morgan fingerprint density at radius 3 is 2.69 bits per heavy atom. The number of fused-ring (bicyclic) bond motifs is 4. The summed E-state index contributed by atoms with van der Waals surface area (Å²) in [7, 11) is 0. The number of piperazine rings is 1. The van der Waals surface area contributed by atoms with Gasteiger partial charge in [0, 0.05) is 42.8 Å². The summed E-state index contributed by atoms with van der Waals surface area (Å²) in [5.74, 6) is 1.50. The highest BCUT2D eigenvalue weighted by molar-refractivity contribution is 7.26. The predicted molar refractivity (Wildman–Crippen MR) is 135 cm³/mol. The molecule has 0 unspecified atom stereocenters. The van der Waals surface area contributed by atoms with E-state index in [1.807, 2.05) is 48.2 Å². The van der Waals surface area contributed by atoms with E-state index in [1.165, 1.54) is 4.68 Å². The maximum absolute atomic E-state index is 13.4. The van der Waals surface area contributed by atoms with Crippen molar-refractivity contribution in [3.63, 3.8) is 0 Å². The Bertz CT molecular complexity index is 1500. The van der Waals surface area contributed by atoms with Crippen molar-refractivity contribution in [2.45, 2.75) is 26.4 Å². The van der Waals surface area contributed by atoms with Gasteiger partial charge in [-0.05, 0) is 37.6 Å². The molecule has 0 aliphatic carbocycles. The van der Waals surface area contributed by atoms with Crippen molar-refractivity contribution < 1.29 is 14.3 Å². The van der Waals surface area contributed by atoms with Crippen LogP contribution in [0.3, 0.4) is 0 Å². The van der Waals surface area contributed by atoms with Crippen LogP contribution in [-0.2, 0) is 11.3 Å². The van der Waals surface area contributed by atoms with Crippen molar-refractivity contribution in [2.24, 2.45) is 0 Å². The number of ether oxygens (including phenoxy) is 2. The Morgan fingerprint density at radius 2 is 1.86 bits per heavy atom. The van der Waals surface area contributed by atoms with Gasteiger partial charge in [0.2, 0.25) is 12.7 Å². The maximum atomic E-state index is 13.4. The number of carbonyl (C=O) groups is 1. The third-order valence-corrected chi connectivity index (χ3v) is 8.13. The van der Waals surface area contributed by atoms with E-state index in [-0.39, 0.29) is 18.3 Å². The van der Waals surface area contributed by atoms with Crippen LogP contribution in [0.1, 0.15) is 24.2 Å². The molecular formula is C26H26N4O4S. The van der Waals surface area contributed by atoms with Crippen LogP contribution in [0.25, 0.3) is 20.2 Å². The molecule has 2 aromatic heterocycles. The number of hydrogen-bond donors (Lipinski definition) is 0. The summed E-state index contributed by atoms with van der Waals surface area (Å²) < 4.78 is 14.2. The van der Waals surface area contributed by atoms with Gasteiger partial charge in [0.05, 0.1) is 15.8 Å². The van der Waals surface area contributed by atoms with Gasteiger partial charge in [0.1, 0.15) is 6.04 Å². The molecule has 0 spiro atoms. The van der Waals surface area contributed by atoms with E-state index in [0.717, 1.165) is 57.2 Å². The minimum atomic E-state index is -0.662. The van der Waals surface area contributed by atoms with Gasteiger partial charge in [-0.1, -0.05) is 24.3 Å². The fraction of sp³-hybridized carbons (Fsp3) is 0.346. The van der Waals surface area contributed by atoms with E-state index in [2.05, 4.69) is 16.1 Å². The van der Waals surface area contributed by atoms with Gasteiger partial charge in [-0.25, -0.2) is 4.68 Å². The molecular weight excluding hydrogens is 464 g/mol. The second-order valence-corrected chi connectivity index (χ2v) is 10.2. The molecule has 0 saturated carbocycles. The van der Waals surface area contributed by atoms with Crippen LogP contribution in [0.2, 0.25) is 0 Å². The molecule has 1 fully saturated rings. The predicted octanol–water partition coefficient (Wildman–Crippen LogP) is 3.55. The van der Waals surface area contributed by atoms with Crippen molar-refractivity contribution >= 4 is 37.4 Å². The summed E-state index contributed by atoms with van der Waals surface area (Å²) in [6, 6.07) is 13.2. The fourth-order valence-electron chi connectivity index (χ4n) is 4.93. The zero-order valence-electron chi connectivity index (χ0n) is 19.7. The lowest BCUT2D eigenvalue weighted by atomic mass is 10.1. The number of rotatable bonds is 4. The van der Waals surface area contributed by atoms with E-state index in [4.69, 9.17) is 9.47 Å². The molecule has 9 heteroatoms. The van der Waals surface area contributed by atoms with Crippen molar-refractivity contribution in [1.29, 1.82) is 0 Å². The highest BCUT2D eigenvalue weighted by Gasteiger charge is 2.28. The van der Waals surface area contributed by atoms with Gasteiger partial charge in [0.25, 0.3) is 5.56 Å². The molecule has 6 rings (SSSR count). The molecule has 4 heterocycles. The van der Waals surface area contributed by atoms with Crippen molar-refractivity contribution in [1.82, 2.24) is 19.6 Å². The number of thiophene rings is 1. The third-order valence-electron chi connectivity index (χ3n) is 6.86. The Morgan fingerprint density at radius 1 is 1.09 bits per heavy atom. The topological polar surface area (TPSA) is 76.9 Å². The van der Waals surface area contributed by atoms with E-state index >= 15 is 0 Å². The average molecular weight is 491 g/mol. The van der Waals surface area contributed by atoms with Gasteiger partial charge in [0.15, 0.2) is 11.5 Å². The van der Waals surface area contributed by atoms with E-state index in [0.29, 0.717) is 18.5 Å². The van der Waals surface area contributed by atoms with Gasteiger partial charge >= 0.3 is 0 Å². The number of nitrogens with zero attached hydrogens (tertiary/aromatic N) is 4. The van der Waals surface area contributed by atoms with Crippen molar-refractivity contribution in [2.75, 3.05) is 33.0 Å². The second-order valence-electron chi connectivity index (χ2n) is 9.10. The summed E-state index contributed by atoms with van der Waals surface area (Å²) in [6.45, 7) is 7.50. The standard InChI is InChI=1S/C26H26N4O4S/c1-16-24-23(19-5-3-4-6-22(19)35-24)26(32)30(27-16)17(2)25(31)29-11-9-28(10-12-29)14-18-7-8-20-21(13-18)34-15-33-20/h3-8,13,17H,9-12,14-15H2,1-2H3/t17-/m0/s1. The monoisotopic (exact) mass is 490 g/mol. The lowest BCUT2D eigenvalue weighted by molar-refractivity contribution is -0.136. The lowest BCUT2D eigenvalue weighted by Crippen LogP contribution is -2.50. The molecule has 1 amide bonds. The number of hydrogen-bond acceptors (Lipinski definition) is 7. The highest BCUT2D eigenvalue weighted by Crippen LogP contribution is 2.34. The average Bonchev–Trinajstić information content (AvgIpc) is 3.50. The smallest absolute Gasteiger partial charge is 0.276 e. The van der Waals surface area contributed by atoms with Gasteiger partial charge in [-0.3, -0.25) is 14.5 Å². The summed E-state index contributed by atoms with van der Waals surface area (Å²) in [5, 5.41) is 6.13. The highest BCUT2D eigenvalue weighted by atomic mass is 32.1. The molecule has 35 heavy (non-hydrogen) atoms.